The first-order chi connectivity index (χ1) is 7.74. The largest absolute Gasteiger partial charge is 0.452 e. The van der Waals surface area contributed by atoms with Crippen molar-refractivity contribution in [2.75, 3.05) is 14.2 Å². The van der Waals surface area contributed by atoms with Crippen LogP contribution < -0.4 is 10.5 Å². The molecule has 0 spiro atoms. The number of hydrogen-bond donors (Lipinski definition) is 3. The van der Waals surface area contributed by atoms with Crippen LogP contribution in [0.3, 0.4) is 0 Å². The predicted molar refractivity (Wildman–Crippen MR) is 59.7 cm³/mol. The number of carbonyl (C=O) groups is 1. The summed E-state index contributed by atoms with van der Waals surface area (Å²) in [5.74, 6) is -0.113. The van der Waals surface area contributed by atoms with Crippen LogP contribution in [0.5, 0.6) is 0 Å². The van der Waals surface area contributed by atoms with Gasteiger partial charge in [0.25, 0.3) is 0 Å². The van der Waals surface area contributed by atoms with E-state index in [2.05, 4.69) is 9.89 Å². The lowest BCUT2D eigenvalue weighted by molar-refractivity contribution is 0.177. The Bertz CT molecular complexity index is 393. The molecule has 4 N–H and O–H groups in total. The molecule has 1 unspecified atom stereocenters. The summed E-state index contributed by atoms with van der Waals surface area (Å²) in [5.41, 5.74) is 5.25. The van der Waals surface area contributed by atoms with E-state index in [1.54, 1.807) is 4.72 Å². The first-order valence-corrected chi connectivity index (χ1v) is 5.98. The summed E-state index contributed by atoms with van der Waals surface area (Å²) in [4.78, 5) is 10.8. The summed E-state index contributed by atoms with van der Waals surface area (Å²) in [6.45, 7) is 1.54. The predicted octanol–water partition coefficient (Wildman–Crippen LogP) is -0.956. The Balaban J connectivity index is 4.68. The Morgan fingerprint density at radius 3 is 2.59 bits per heavy atom. The summed E-state index contributed by atoms with van der Waals surface area (Å²) in [6, 6.07) is -0.590. The van der Waals surface area contributed by atoms with E-state index < -0.39 is 22.3 Å². The molecule has 0 saturated carbocycles. The van der Waals surface area contributed by atoms with Crippen LogP contribution in [0.1, 0.15) is 13.3 Å². The van der Waals surface area contributed by atoms with Gasteiger partial charge in [0.05, 0.1) is 7.11 Å². The molecule has 0 aliphatic rings. The molecule has 17 heavy (non-hydrogen) atoms. The van der Waals surface area contributed by atoms with Crippen LogP contribution >= 0.6 is 0 Å². The maximum absolute atomic E-state index is 11.6. The molecule has 0 aromatic carbocycles. The molecule has 0 saturated heterocycles. The molecular weight excluding hydrogens is 252 g/mol. The highest BCUT2D eigenvalue weighted by molar-refractivity contribution is 7.87. The number of hydrogen-bond acceptors (Lipinski definition) is 6. The first-order valence-electron chi connectivity index (χ1n) is 4.54. The van der Waals surface area contributed by atoms with E-state index in [0.29, 0.717) is 0 Å². The lowest BCUT2D eigenvalue weighted by Crippen LogP contribution is -2.46. The van der Waals surface area contributed by atoms with Gasteiger partial charge in [0.2, 0.25) is 0 Å². The van der Waals surface area contributed by atoms with Crippen LogP contribution in [-0.4, -0.2) is 50.1 Å². The summed E-state index contributed by atoms with van der Waals surface area (Å²) in [5, 5.41) is 11.1. The summed E-state index contributed by atoms with van der Waals surface area (Å²) >= 11 is 0. The molecule has 10 heteroatoms. The molecule has 100 valence electrons. The van der Waals surface area contributed by atoms with Crippen molar-refractivity contribution in [1.29, 1.82) is 0 Å². The SMILES string of the molecule is COC(=O)NS(=O)(=O)N(C)C(C)CC(N)=NO. The smallest absolute Gasteiger partial charge is 0.421 e. The number of nitrogens with one attached hydrogen (secondary N) is 1. The van der Waals surface area contributed by atoms with Crippen molar-refractivity contribution >= 4 is 22.1 Å². The molecular formula is C7H16N4O5S. The number of ether oxygens (including phenoxy) is 1. The number of nitrogens with zero attached hydrogens (tertiary/aromatic N) is 2. The van der Waals surface area contributed by atoms with Crippen molar-refractivity contribution in [2.45, 2.75) is 19.4 Å². The summed E-state index contributed by atoms with van der Waals surface area (Å²) < 4.78 is 29.9. The van der Waals surface area contributed by atoms with Crippen LogP contribution in [0, 0.1) is 0 Å². The van der Waals surface area contributed by atoms with E-state index in [-0.39, 0.29) is 12.3 Å². The van der Waals surface area contributed by atoms with E-state index in [0.717, 1.165) is 11.4 Å². The zero-order valence-corrected chi connectivity index (χ0v) is 10.6. The number of amidine groups is 1. The van der Waals surface area contributed by atoms with Crippen LogP contribution in [0.2, 0.25) is 0 Å². The van der Waals surface area contributed by atoms with Gasteiger partial charge in [0.15, 0.2) is 0 Å². The van der Waals surface area contributed by atoms with E-state index in [4.69, 9.17) is 10.9 Å². The Morgan fingerprint density at radius 2 is 2.18 bits per heavy atom. The minimum Gasteiger partial charge on any atom is -0.452 e. The van der Waals surface area contributed by atoms with Crippen LogP contribution in [0.15, 0.2) is 5.16 Å². The molecule has 1 amide bonds. The second-order valence-corrected chi connectivity index (χ2v) is 4.99. The topological polar surface area (TPSA) is 134 Å². The molecule has 0 aromatic heterocycles. The molecule has 0 aliphatic carbocycles. The summed E-state index contributed by atoms with van der Waals surface area (Å²) in [7, 11) is -1.71. The van der Waals surface area contributed by atoms with Gasteiger partial charge >= 0.3 is 16.3 Å². The van der Waals surface area contributed by atoms with Crippen molar-refractivity contribution in [2.24, 2.45) is 10.9 Å². The third kappa shape index (κ3) is 4.87. The highest BCUT2D eigenvalue weighted by Gasteiger charge is 2.26. The maximum atomic E-state index is 11.6. The van der Waals surface area contributed by atoms with Gasteiger partial charge in [0.1, 0.15) is 5.84 Å². The Kier molecular flexibility index (Phi) is 5.68. The average molecular weight is 268 g/mol. The van der Waals surface area contributed by atoms with Gasteiger partial charge in [-0.2, -0.15) is 12.7 Å². The number of methoxy groups -OCH3 is 1. The molecule has 0 radical (unpaired) electrons. The van der Waals surface area contributed by atoms with Crippen molar-refractivity contribution in [3.05, 3.63) is 0 Å². The van der Waals surface area contributed by atoms with Crippen molar-refractivity contribution in [3.8, 4) is 0 Å². The highest BCUT2D eigenvalue weighted by atomic mass is 32.2. The lowest BCUT2D eigenvalue weighted by atomic mass is 10.2. The van der Waals surface area contributed by atoms with Gasteiger partial charge in [-0.1, -0.05) is 5.16 Å². The third-order valence-electron chi connectivity index (χ3n) is 2.03. The molecule has 0 bridgehead atoms. The Hall–Kier alpha value is -1.55. The fourth-order valence-corrected chi connectivity index (χ4v) is 1.91. The molecule has 9 nitrogen and oxygen atoms in total. The quantitative estimate of drug-likeness (QED) is 0.254. The number of nitrogens with two attached hydrogens (primary N) is 1. The monoisotopic (exact) mass is 268 g/mol. The van der Waals surface area contributed by atoms with E-state index in [1.165, 1.54) is 14.0 Å². The number of carbonyl (C=O) groups excluding carboxylic acids is 1. The Morgan fingerprint density at radius 1 is 1.65 bits per heavy atom. The third-order valence-corrected chi connectivity index (χ3v) is 3.57. The zero-order valence-electron chi connectivity index (χ0n) is 9.74. The fraction of sp³-hybridized carbons (Fsp3) is 0.714. The molecule has 0 aromatic rings. The number of oxime groups is 1. The Labute approximate surface area is 99.4 Å². The summed E-state index contributed by atoms with van der Waals surface area (Å²) in [6.07, 6.45) is -1.07. The van der Waals surface area contributed by atoms with Crippen molar-refractivity contribution < 1.29 is 23.2 Å². The standard InChI is InChI=1S/C7H16N4O5S/c1-5(4-6(8)9-13)11(2)17(14,15)10-7(12)16-3/h5,13H,4H2,1-3H3,(H2,8,9)(H,10,12). The first kappa shape index (κ1) is 15.4. The fourth-order valence-electron chi connectivity index (χ4n) is 0.928. The molecule has 1 atom stereocenters. The lowest BCUT2D eigenvalue weighted by Gasteiger charge is -2.23. The van der Waals surface area contributed by atoms with Crippen LogP contribution in [-0.2, 0) is 14.9 Å². The van der Waals surface area contributed by atoms with E-state index in [9.17, 15) is 13.2 Å². The van der Waals surface area contributed by atoms with Gasteiger partial charge in [0, 0.05) is 19.5 Å². The number of amides is 1. The highest BCUT2D eigenvalue weighted by Crippen LogP contribution is 2.06. The molecule has 0 aliphatic heterocycles. The molecule has 0 rings (SSSR count). The number of rotatable bonds is 5. The van der Waals surface area contributed by atoms with Gasteiger partial charge in [-0.25, -0.2) is 9.52 Å². The zero-order chi connectivity index (χ0) is 13.6. The van der Waals surface area contributed by atoms with Crippen LogP contribution in [0.25, 0.3) is 0 Å². The van der Waals surface area contributed by atoms with E-state index in [1.807, 2.05) is 0 Å². The van der Waals surface area contributed by atoms with Gasteiger partial charge in [-0.05, 0) is 6.92 Å². The second-order valence-electron chi connectivity index (χ2n) is 3.26. The normalized spacial score (nSPS) is 14.5. The molecule has 0 fully saturated rings. The van der Waals surface area contributed by atoms with Crippen molar-refractivity contribution in [1.82, 2.24) is 9.03 Å². The van der Waals surface area contributed by atoms with Gasteiger partial charge < -0.3 is 15.7 Å². The maximum Gasteiger partial charge on any atom is 0.421 e. The van der Waals surface area contributed by atoms with Gasteiger partial charge in [-0.3, -0.25) is 0 Å². The second kappa shape index (κ2) is 6.25. The van der Waals surface area contributed by atoms with Crippen molar-refractivity contribution in [3.63, 3.8) is 0 Å². The minimum atomic E-state index is -4.01. The minimum absolute atomic E-state index is 0.0229. The molecule has 0 heterocycles. The van der Waals surface area contributed by atoms with Crippen LogP contribution in [0.4, 0.5) is 4.79 Å². The van der Waals surface area contributed by atoms with E-state index >= 15 is 0 Å². The average Bonchev–Trinajstić information content (AvgIpc) is 2.26. The van der Waals surface area contributed by atoms with Gasteiger partial charge in [-0.15, -0.1) is 0 Å².